The van der Waals surface area contributed by atoms with E-state index in [2.05, 4.69) is 36.4 Å². The van der Waals surface area contributed by atoms with Gasteiger partial charge in [-0.15, -0.1) is 0 Å². The summed E-state index contributed by atoms with van der Waals surface area (Å²) in [6.45, 7) is 8.12. The van der Waals surface area contributed by atoms with E-state index in [0.717, 1.165) is 12.0 Å². The van der Waals surface area contributed by atoms with Gasteiger partial charge in [-0.25, -0.2) is 4.39 Å². The average Bonchev–Trinajstić information content (AvgIpc) is 2.84. The smallest absolute Gasteiger partial charge is 0.178 e. The van der Waals surface area contributed by atoms with Gasteiger partial charge in [0, 0.05) is 16.7 Å². The van der Waals surface area contributed by atoms with E-state index in [0.29, 0.717) is 23.7 Å². The third-order valence-electron chi connectivity index (χ3n) is 9.51. The number of rotatable bonds is 2. The van der Waals surface area contributed by atoms with Crippen LogP contribution in [-0.2, 0) is 9.59 Å². The molecule has 0 unspecified atom stereocenters. The lowest BCUT2D eigenvalue weighted by molar-refractivity contribution is -0.204. The fourth-order valence-electron chi connectivity index (χ4n) is 7.50. The van der Waals surface area contributed by atoms with E-state index in [1.807, 2.05) is 13.8 Å². The van der Waals surface area contributed by atoms with Gasteiger partial charge in [-0.2, -0.15) is 0 Å². The Bertz CT molecular complexity index is 806. The maximum atomic E-state index is 17.0. The predicted molar refractivity (Wildman–Crippen MR) is 115 cm³/mol. The first-order valence-electron chi connectivity index (χ1n) is 10.4. The molecule has 4 rings (SSSR count). The second-order valence-electron chi connectivity index (χ2n) is 10.2. The zero-order valence-corrected chi connectivity index (χ0v) is 19.3. The normalized spacial score (nSPS) is 52.5. The largest absolute Gasteiger partial charge is 0.390 e. The quantitative estimate of drug-likeness (QED) is 0.445. The monoisotopic (exact) mass is 500 g/mol. The van der Waals surface area contributed by atoms with Crippen molar-refractivity contribution in [3.63, 3.8) is 0 Å². The summed E-state index contributed by atoms with van der Waals surface area (Å²) < 4.78 is 17.4. The predicted octanol–water partition coefficient (Wildman–Crippen LogP) is 4.61. The Labute approximate surface area is 180 Å². The molecule has 8 atom stereocenters. The molecule has 28 heavy (non-hydrogen) atoms. The minimum atomic E-state index is -1.81. The molecule has 0 aliphatic heterocycles. The summed E-state index contributed by atoms with van der Waals surface area (Å²) in [7, 11) is 0. The number of carbonyl (C=O) groups is 2. The van der Waals surface area contributed by atoms with Crippen LogP contribution in [0.3, 0.4) is 0 Å². The fourth-order valence-corrected chi connectivity index (χ4v) is 8.30. The van der Waals surface area contributed by atoms with Crippen molar-refractivity contribution in [2.45, 2.75) is 65.2 Å². The van der Waals surface area contributed by atoms with E-state index in [4.69, 9.17) is 0 Å². The van der Waals surface area contributed by atoms with Gasteiger partial charge in [-0.3, -0.25) is 9.59 Å². The Morgan fingerprint density at radius 2 is 2.00 bits per heavy atom. The Morgan fingerprint density at radius 1 is 1.32 bits per heavy atom. The van der Waals surface area contributed by atoms with Crippen molar-refractivity contribution in [2.24, 2.45) is 34.0 Å². The first-order chi connectivity index (χ1) is 13.0. The number of allylic oxidation sites excluding steroid dienone is 4. The molecule has 3 saturated carbocycles. The van der Waals surface area contributed by atoms with Crippen LogP contribution in [0.25, 0.3) is 0 Å². The molecule has 0 spiro atoms. The van der Waals surface area contributed by atoms with Crippen molar-refractivity contribution in [2.75, 3.05) is 4.43 Å². The SMILES string of the molecule is C[C@@H]1C[C@H]2[C@@H]3CCC4=CC(=O)C=C[C@]4(C)[C@@]3(F)[C@@H](O)C[C@]2(C)[C@@]1(C)C(=O)CI. The number of aliphatic hydroxyl groups is 1. The van der Waals surface area contributed by atoms with Crippen LogP contribution in [0.4, 0.5) is 4.39 Å². The van der Waals surface area contributed by atoms with Crippen LogP contribution in [0.2, 0.25) is 0 Å². The molecule has 3 fully saturated rings. The number of alkyl halides is 2. The van der Waals surface area contributed by atoms with Gasteiger partial charge in [0.25, 0.3) is 0 Å². The first-order valence-corrected chi connectivity index (χ1v) is 11.9. The van der Waals surface area contributed by atoms with Gasteiger partial charge in [-0.1, -0.05) is 55.0 Å². The number of aliphatic hydroxyl groups excluding tert-OH is 1. The lowest BCUT2D eigenvalue weighted by Gasteiger charge is -2.63. The van der Waals surface area contributed by atoms with Crippen molar-refractivity contribution in [1.29, 1.82) is 0 Å². The van der Waals surface area contributed by atoms with Gasteiger partial charge in [0.15, 0.2) is 11.5 Å². The zero-order chi connectivity index (χ0) is 20.7. The molecule has 0 bridgehead atoms. The van der Waals surface area contributed by atoms with Crippen molar-refractivity contribution < 1.29 is 19.1 Å². The highest BCUT2D eigenvalue weighted by Gasteiger charge is 2.74. The van der Waals surface area contributed by atoms with Crippen LogP contribution >= 0.6 is 22.6 Å². The van der Waals surface area contributed by atoms with E-state index in [1.165, 1.54) is 6.08 Å². The number of hydrogen-bond donors (Lipinski definition) is 1. The van der Waals surface area contributed by atoms with E-state index >= 15 is 4.39 Å². The summed E-state index contributed by atoms with van der Waals surface area (Å²) in [6.07, 6.45) is 5.96. The minimum Gasteiger partial charge on any atom is -0.390 e. The van der Waals surface area contributed by atoms with Crippen LogP contribution in [0.5, 0.6) is 0 Å². The first kappa shape index (κ1) is 20.7. The van der Waals surface area contributed by atoms with Crippen LogP contribution in [0.15, 0.2) is 23.8 Å². The van der Waals surface area contributed by atoms with Gasteiger partial charge in [0.2, 0.25) is 0 Å². The molecule has 5 heteroatoms. The second-order valence-corrected chi connectivity index (χ2v) is 10.9. The summed E-state index contributed by atoms with van der Waals surface area (Å²) in [5.41, 5.74) is -2.92. The van der Waals surface area contributed by atoms with E-state index in [9.17, 15) is 14.7 Å². The molecule has 0 aromatic heterocycles. The van der Waals surface area contributed by atoms with Gasteiger partial charge in [-0.05, 0) is 62.0 Å². The van der Waals surface area contributed by atoms with E-state index < -0.39 is 28.0 Å². The molecule has 4 aliphatic carbocycles. The van der Waals surface area contributed by atoms with Crippen molar-refractivity contribution in [3.8, 4) is 0 Å². The third-order valence-corrected chi connectivity index (χ3v) is 10.2. The summed E-state index contributed by atoms with van der Waals surface area (Å²) in [5, 5.41) is 11.3. The summed E-state index contributed by atoms with van der Waals surface area (Å²) in [5.74, 6) is 0.0200. The van der Waals surface area contributed by atoms with Gasteiger partial charge < -0.3 is 5.11 Å². The van der Waals surface area contributed by atoms with Crippen LogP contribution < -0.4 is 0 Å². The number of halogens is 2. The molecular formula is C23H30FIO3. The highest BCUT2D eigenvalue weighted by atomic mass is 127. The molecule has 1 N–H and O–H groups in total. The lowest BCUT2D eigenvalue weighted by Crippen LogP contribution is -2.67. The maximum Gasteiger partial charge on any atom is 0.178 e. The van der Waals surface area contributed by atoms with Gasteiger partial charge in [0.1, 0.15) is 5.78 Å². The topological polar surface area (TPSA) is 54.4 Å². The molecule has 0 aromatic carbocycles. The maximum absolute atomic E-state index is 17.0. The number of carbonyl (C=O) groups excluding carboxylic acids is 2. The Hall–Kier alpha value is -0.560. The molecule has 0 radical (unpaired) electrons. The van der Waals surface area contributed by atoms with Crippen LogP contribution in [0.1, 0.15) is 53.4 Å². The van der Waals surface area contributed by atoms with Crippen molar-refractivity contribution in [1.82, 2.24) is 0 Å². The highest BCUT2D eigenvalue weighted by molar-refractivity contribution is 14.1. The standard InChI is InChI=1S/C23H30FIO3/c1-13-9-17-16-6-5-14-10-15(26)7-8-20(14,2)23(16,24)18(27)11-21(17,3)22(13,4)19(28)12-25/h7-8,10,13,16-18,27H,5-6,9,11-12H2,1-4H3/t13-,16+,17+,18+,20+,21+,22-,23+/m1/s1. The van der Waals surface area contributed by atoms with Crippen molar-refractivity contribution >= 4 is 34.2 Å². The zero-order valence-electron chi connectivity index (χ0n) is 17.1. The molecule has 0 aromatic rings. The van der Waals surface area contributed by atoms with Crippen LogP contribution in [0, 0.1) is 34.0 Å². The molecule has 154 valence electrons. The van der Waals surface area contributed by atoms with Gasteiger partial charge >= 0.3 is 0 Å². The van der Waals surface area contributed by atoms with E-state index in [1.54, 1.807) is 12.2 Å². The summed E-state index contributed by atoms with van der Waals surface area (Å²) in [6, 6.07) is 0. The summed E-state index contributed by atoms with van der Waals surface area (Å²) >= 11 is 2.13. The van der Waals surface area contributed by atoms with Crippen LogP contribution in [-0.4, -0.2) is 32.9 Å². The van der Waals surface area contributed by atoms with Gasteiger partial charge in [0.05, 0.1) is 10.5 Å². The highest BCUT2D eigenvalue weighted by Crippen LogP contribution is 2.73. The number of Topliss-reactive ketones (excluding diaryl/α,β-unsaturated/α-hetero) is 1. The molecule has 0 amide bonds. The molecule has 3 nitrogen and oxygen atoms in total. The molecule has 0 saturated heterocycles. The Morgan fingerprint density at radius 3 is 2.64 bits per heavy atom. The molecule has 4 aliphatic rings. The lowest BCUT2D eigenvalue weighted by atomic mass is 9.43. The van der Waals surface area contributed by atoms with E-state index in [-0.39, 0.29) is 29.3 Å². The second kappa shape index (κ2) is 6.22. The third kappa shape index (κ3) is 2.18. The average molecular weight is 500 g/mol. The Balaban J connectivity index is 1.84. The molecule has 0 heterocycles. The fraction of sp³-hybridized carbons (Fsp3) is 0.739. The number of ketones is 2. The minimum absolute atomic E-state index is 0.0530. The number of fused-ring (bicyclic) bond motifs is 5. The molecular weight excluding hydrogens is 470 g/mol. The summed E-state index contributed by atoms with van der Waals surface area (Å²) in [4.78, 5) is 24.9. The Kier molecular flexibility index (Phi) is 4.60. The number of hydrogen-bond acceptors (Lipinski definition) is 3. The van der Waals surface area contributed by atoms with Crippen molar-refractivity contribution in [3.05, 3.63) is 23.8 Å².